The molecule has 0 heterocycles. The standard InChI is InChI=1S/C14H27.Zr/c1-4-6-8-9-10-11-13-14(3)12-7-5-2;/h3H,4-13H2,1-2H3;/q-1;. The second-order valence-electron chi connectivity index (χ2n) is 4.28. The summed E-state index contributed by atoms with van der Waals surface area (Å²) in [6.45, 7) is 10.4. The molecule has 0 aliphatic rings. The first-order valence-corrected chi connectivity index (χ1v) is 6.41. The maximum atomic E-state index is 5.92. The zero-order valence-corrected chi connectivity index (χ0v) is 13.1. The molecule has 0 unspecified atom stereocenters. The van der Waals surface area contributed by atoms with Crippen LogP contribution in [0.3, 0.4) is 0 Å². The quantitative estimate of drug-likeness (QED) is 0.378. The summed E-state index contributed by atoms with van der Waals surface area (Å²) in [5.74, 6) is 0. The van der Waals surface area contributed by atoms with Gasteiger partial charge in [0, 0.05) is 26.2 Å². The molecule has 15 heavy (non-hydrogen) atoms. The molecule has 0 N–H and O–H groups in total. The Hall–Kier alpha value is 0.623. The molecule has 0 rings (SSSR count). The minimum absolute atomic E-state index is 0. The normalized spacial score (nSPS) is 9.73. The van der Waals surface area contributed by atoms with E-state index < -0.39 is 0 Å². The van der Waals surface area contributed by atoms with Crippen LogP contribution in [0.1, 0.15) is 78.1 Å². The molecule has 0 nitrogen and oxygen atoms in total. The largest absolute Gasteiger partial charge is 0.514 e. The predicted molar refractivity (Wildman–Crippen MR) is 65.3 cm³/mol. The predicted octanol–water partition coefficient (Wildman–Crippen LogP) is 5.28. The Labute approximate surface area is 116 Å². The number of hydrogen-bond donors (Lipinski definition) is 0. The fraction of sp³-hybridized carbons (Fsp3) is 0.857. The maximum Gasteiger partial charge on any atom is 0 e. The van der Waals surface area contributed by atoms with Crippen molar-refractivity contribution in [3.05, 3.63) is 12.2 Å². The molecule has 0 bridgehead atoms. The van der Waals surface area contributed by atoms with Crippen LogP contribution < -0.4 is 0 Å². The van der Waals surface area contributed by atoms with Gasteiger partial charge in [0.05, 0.1) is 0 Å². The molecular weight excluding hydrogens is 259 g/mol. The number of unbranched alkanes of at least 4 members (excludes halogenated alkanes) is 6. The molecule has 0 saturated heterocycles. The van der Waals surface area contributed by atoms with Crippen molar-refractivity contribution < 1.29 is 26.2 Å². The Morgan fingerprint density at radius 1 is 0.733 bits per heavy atom. The zero-order chi connectivity index (χ0) is 10.6. The average molecular weight is 287 g/mol. The van der Waals surface area contributed by atoms with E-state index in [-0.39, 0.29) is 26.2 Å². The van der Waals surface area contributed by atoms with Crippen LogP contribution in [-0.2, 0) is 26.2 Å². The Morgan fingerprint density at radius 3 is 1.80 bits per heavy atom. The minimum atomic E-state index is 0. The summed E-state index contributed by atoms with van der Waals surface area (Å²) in [6.07, 6.45) is 13.0. The molecule has 0 aliphatic carbocycles. The van der Waals surface area contributed by atoms with E-state index in [9.17, 15) is 0 Å². The first-order chi connectivity index (χ1) is 6.81. The molecule has 0 amide bonds. The monoisotopic (exact) mass is 285 g/mol. The number of allylic oxidation sites excluding steroid dienone is 1. The van der Waals surface area contributed by atoms with Crippen LogP contribution in [0.25, 0.3) is 0 Å². The third-order valence-corrected chi connectivity index (χ3v) is 2.70. The first kappa shape index (κ1) is 18.0. The second kappa shape index (κ2) is 14.6. The van der Waals surface area contributed by atoms with Crippen molar-refractivity contribution >= 4 is 0 Å². The van der Waals surface area contributed by atoms with E-state index in [1.807, 2.05) is 0 Å². The summed E-state index contributed by atoms with van der Waals surface area (Å²) in [5, 5.41) is 0. The van der Waals surface area contributed by atoms with E-state index in [1.54, 1.807) is 0 Å². The van der Waals surface area contributed by atoms with Crippen LogP contribution in [0.15, 0.2) is 5.57 Å². The van der Waals surface area contributed by atoms with Gasteiger partial charge in [0.15, 0.2) is 0 Å². The molecule has 0 aromatic heterocycles. The summed E-state index contributed by atoms with van der Waals surface area (Å²) in [5.41, 5.74) is 1.22. The first-order valence-electron chi connectivity index (χ1n) is 6.41. The van der Waals surface area contributed by atoms with Gasteiger partial charge in [0.2, 0.25) is 0 Å². The summed E-state index contributed by atoms with van der Waals surface area (Å²) in [6, 6.07) is 0. The maximum absolute atomic E-state index is 5.92. The van der Waals surface area contributed by atoms with Crippen LogP contribution in [-0.4, -0.2) is 0 Å². The molecule has 0 aliphatic heterocycles. The zero-order valence-electron chi connectivity index (χ0n) is 10.6. The van der Waals surface area contributed by atoms with Crippen molar-refractivity contribution in [3.63, 3.8) is 0 Å². The van der Waals surface area contributed by atoms with E-state index >= 15 is 0 Å². The molecule has 88 valence electrons. The van der Waals surface area contributed by atoms with Crippen molar-refractivity contribution in [2.45, 2.75) is 78.1 Å². The topological polar surface area (TPSA) is 0 Å². The Bertz CT molecular complexity index is 129. The summed E-state index contributed by atoms with van der Waals surface area (Å²) in [7, 11) is 0. The van der Waals surface area contributed by atoms with Gasteiger partial charge in [0.1, 0.15) is 0 Å². The van der Waals surface area contributed by atoms with Gasteiger partial charge < -0.3 is 6.58 Å². The molecular formula is C14H27Zr-. The SMILES string of the molecule is [CH-]=C(CCCC)CCCCCCCC.[Zr]. The van der Waals surface area contributed by atoms with Gasteiger partial charge in [-0.25, -0.2) is 0 Å². The van der Waals surface area contributed by atoms with Gasteiger partial charge >= 0.3 is 0 Å². The van der Waals surface area contributed by atoms with Crippen molar-refractivity contribution in [3.8, 4) is 0 Å². The van der Waals surface area contributed by atoms with Crippen molar-refractivity contribution in [2.75, 3.05) is 0 Å². The van der Waals surface area contributed by atoms with Gasteiger partial charge in [-0.05, 0) is 0 Å². The van der Waals surface area contributed by atoms with Crippen molar-refractivity contribution in [2.24, 2.45) is 0 Å². The van der Waals surface area contributed by atoms with Crippen LogP contribution in [0.2, 0.25) is 0 Å². The van der Waals surface area contributed by atoms with Crippen LogP contribution in [0, 0.1) is 6.58 Å². The third kappa shape index (κ3) is 14.6. The van der Waals surface area contributed by atoms with E-state index in [0.29, 0.717) is 0 Å². The van der Waals surface area contributed by atoms with E-state index in [4.69, 9.17) is 6.58 Å². The van der Waals surface area contributed by atoms with Gasteiger partial charge in [-0.15, -0.1) is 0 Å². The fourth-order valence-corrected chi connectivity index (χ4v) is 1.66. The Morgan fingerprint density at radius 2 is 1.20 bits per heavy atom. The molecule has 0 aromatic rings. The van der Waals surface area contributed by atoms with Crippen molar-refractivity contribution in [1.82, 2.24) is 0 Å². The van der Waals surface area contributed by atoms with E-state index in [1.165, 1.54) is 56.9 Å². The van der Waals surface area contributed by atoms with Gasteiger partial charge in [-0.2, -0.15) is 0 Å². The molecule has 0 saturated carbocycles. The molecule has 0 atom stereocenters. The summed E-state index contributed by atoms with van der Waals surface area (Å²) < 4.78 is 0. The number of hydrogen-bond acceptors (Lipinski definition) is 0. The molecule has 0 fully saturated rings. The van der Waals surface area contributed by atoms with Crippen LogP contribution in [0.4, 0.5) is 0 Å². The average Bonchev–Trinajstić information content (AvgIpc) is 2.20. The second-order valence-corrected chi connectivity index (χ2v) is 4.28. The Kier molecular flexibility index (Phi) is 17.5. The van der Waals surface area contributed by atoms with Crippen LogP contribution in [0.5, 0.6) is 0 Å². The molecule has 0 spiro atoms. The molecule has 0 radical (unpaired) electrons. The smallest absolute Gasteiger partial charge is 0 e. The summed E-state index contributed by atoms with van der Waals surface area (Å²) in [4.78, 5) is 0. The van der Waals surface area contributed by atoms with Crippen LogP contribution >= 0.6 is 0 Å². The minimum Gasteiger partial charge on any atom is -0.514 e. The molecule has 0 aromatic carbocycles. The third-order valence-electron chi connectivity index (χ3n) is 2.70. The van der Waals surface area contributed by atoms with Crippen molar-refractivity contribution in [1.29, 1.82) is 0 Å². The fourth-order valence-electron chi connectivity index (χ4n) is 1.66. The van der Waals surface area contributed by atoms with E-state index in [0.717, 1.165) is 12.8 Å². The van der Waals surface area contributed by atoms with Gasteiger partial charge in [-0.3, -0.25) is 5.57 Å². The number of rotatable bonds is 10. The van der Waals surface area contributed by atoms with Gasteiger partial charge in [0.25, 0.3) is 0 Å². The molecule has 1 heteroatoms. The van der Waals surface area contributed by atoms with Gasteiger partial charge in [-0.1, -0.05) is 78.1 Å². The Balaban J connectivity index is 0. The summed E-state index contributed by atoms with van der Waals surface area (Å²) >= 11 is 0. The van der Waals surface area contributed by atoms with E-state index in [2.05, 4.69) is 13.8 Å².